The van der Waals surface area contributed by atoms with Crippen LogP contribution in [0.5, 0.6) is 0 Å². The molecule has 0 aromatic carbocycles. The molecule has 0 saturated carbocycles. The summed E-state index contributed by atoms with van der Waals surface area (Å²) >= 11 is 0. The van der Waals surface area contributed by atoms with Crippen molar-refractivity contribution in [1.29, 1.82) is 0 Å². The second-order valence-electron chi connectivity index (χ2n) is 4.23. The van der Waals surface area contributed by atoms with Gasteiger partial charge in [0.2, 0.25) is 0 Å². The molecule has 3 nitrogen and oxygen atoms in total. The van der Waals surface area contributed by atoms with Gasteiger partial charge >= 0.3 is 0 Å². The Hall–Kier alpha value is 0.930. The van der Waals surface area contributed by atoms with Gasteiger partial charge in [0, 0.05) is 0 Å². The van der Waals surface area contributed by atoms with Gasteiger partial charge in [-0.2, -0.15) is 0 Å². The maximum atomic E-state index is 3.65. The van der Waals surface area contributed by atoms with Crippen LogP contribution < -0.4 is 12.4 Å². The highest BCUT2D eigenvalue weighted by molar-refractivity contribution is 8.57. The van der Waals surface area contributed by atoms with Gasteiger partial charge in [0.15, 0.2) is 0 Å². The van der Waals surface area contributed by atoms with Crippen molar-refractivity contribution in [3.8, 4) is 0 Å². The minimum atomic E-state index is -0.786. The van der Waals surface area contributed by atoms with Gasteiger partial charge in [-0.25, -0.2) is 12.4 Å². The van der Waals surface area contributed by atoms with Crippen molar-refractivity contribution in [2.24, 2.45) is 0 Å². The van der Waals surface area contributed by atoms with Gasteiger partial charge in [-0.1, -0.05) is 0 Å². The largest absolute Gasteiger partial charge is 0.219 e. The minimum absolute atomic E-state index is 0.786. The van der Waals surface area contributed by atoms with Crippen molar-refractivity contribution < 1.29 is 0 Å². The molecular formula is C6H21N3S3. The second kappa shape index (κ2) is 2.96. The average Bonchev–Trinajstić information content (AvgIpc) is 1.44. The van der Waals surface area contributed by atoms with E-state index in [1.165, 1.54) is 0 Å². The Morgan fingerprint density at radius 2 is 0.667 bits per heavy atom. The van der Waals surface area contributed by atoms with Crippen LogP contribution in [0.1, 0.15) is 0 Å². The minimum Gasteiger partial charge on any atom is -0.219 e. The Morgan fingerprint density at radius 1 is 0.500 bits per heavy atom. The molecule has 3 N–H and O–H groups in total. The zero-order chi connectivity index (χ0) is 9.62. The van der Waals surface area contributed by atoms with Crippen LogP contribution in [-0.2, 0) is 0 Å². The molecule has 0 radical (unpaired) electrons. The highest BCUT2D eigenvalue weighted by atomic mass is 32.4. The number of rotatable bonds is 0. The Balaban J connectivity index is 2.81. The molecule has 0 bridgehead atoms. The van der Waals surface area contributed by atoms with Gasteiger partial charge in [-0.05, 0) is 37.5 Å². The fraction of sp³-hybridized carbons (Fsp3) is 1.00. The van der Waals surface area contributed by atoms with Crippen LogP contribution >= 0.6 is 31.2 Å². The molecular weight excluding hydrogens is 210 g/mol. The molecule has 12 heavy (non-hydrogen) atoms. The van der Waals surface area contributed by atoms with Crippen LogP contribution in [-0.4, -0.2) is 37.5 Å². The monoisotopic (exact) mass is 231 g/mol. The van der Waals surface area contributed by atoms with Gasteiger partial charge < -0.3 is 0 Å². The van der Waals surface area contributed by atoms with Crippen LogP contribution in [0.4, 0.5) is 0 Å². The lowest BCUT2D eigenvalue weighted by Gasteiger charge is -2.59. The van der Waals surface area contributed by atoms with E-state index in [1.807, 2.05) is 0 Å². The topological polar surface area (TPSA) is 36.1 Å². The summed E-state index contributed by atoms with van der Waals surface area (Å²) in [5.41, 5.74) is 0. The summed E-state index contributed by atoms with van der Waals surface area (Å²) < 4.78 is 11.0. The van der Waals surface area contributed by atoms with E-state index < -0.39 is 31.2 Å². The molecule has 1 rings (SSSR count). The fourth-order valence-corrected chi connectivity index (χ4v) is 15.4. The Kier molecular flexibility index (Phi) is 2.72. The normalized spacial score (nSPS) is 39.5. The summed E-state index contributed by atoms with van der Waals surface area (Å²) in [6.07, 6.45) is 13.7. The van der Waals surface area contributed by atoms with Crippen molar-refractivity contribution in [2.45, 2.75) is 0 Å². The van der Waals surface area contributed by atoms with E-state index in [-0.39, 0.29) is 0 Å². The van der Waals surface area contributed by atoms with Gasteiger partial charge in [-0.3, -0.25) is 0 Å². The highest BCUT2D eigenvalue weighted by Crippen LogP contribution is 2.59. The molecule has 0 atom stereocenters. The standard InChI is InChI=1S/C6H21N3S3/c1-10(2)7-11(3,4)9-12(5,6)8-10/h7-9H,1-6H3. The summed E-state index contributed by atoms with van der Waals surface area (Å²) in [6.45, 7) is 0. The molecule has 0 amide bonds. The molecule has 1 aliphatic heterocycles. The van der Waals surface area contributed by atoms with Crippen LogP contribution in [0.3, 0.4) is 0 Å². The molecule has 0 spiro atoms. The molecule has 1 saturated heterocycles. The van der Waals surface area contributed by atoms with Crippen LogP contribution in [0, 0.1) is 0 Å². The van der Waals surface area contributed by atoms with E-state index in [2.05, 4.69) is 49.9 Å². The third-order valence-corrected chi connectivity index (χ3v) is 11.2. The van der Waals surface area contributed by atoms with E-state index in [0.29, 0.717) is 0 Å². The van der Waals surface area contributed by atoms with Crippen molar-refractivity contribution in [3.63, 3.8) is 0 Å². The Labute approximate surface area is 81.2 Å². The Morgan fingerprint density at radius 3 is 0.833 bits per heavy atom. The molecule has 0 aliphatic carbocycles. The van der Waals surface area contributed by atoms with E-state index in [9.17, 15) is 0 Å². The first-order valence-corrected chi connectivity index (χ1v) is 11.0. The summed E-state index contributed by atoms with van der Waals surface area (Å²) in [4.78, 5) is 0. The van der Waals surface area contributed by atoms with Crippen LogP contribution in [0.2, 0.25) is 0 Å². The Bertz CT molecular complexity index is 145. The molecule has 78 valence electrons. The molecule has 0 aromatic rings. The van der Waals surface area contributed by atoms with E-state index in [0.717, 1.165) is 0 Å². The zero-order valence-electron chi connectivity index (χ0n) is 8.72. The molecule has 1 aliphatic rings. The van der Waals surface area contributed by atoms with Crippen molar-refractivity contribution in [1.82, 2.24) is 12.4 Å². The lowest BCUT2D eigenvalue weighted by atomic mass is 11.9. The molecule has 1 fully saturated rings. The number of hydrogen-bond acceptors (Lipinski definition) is 3. The predicted molar refractivity (Wildman–Crippen MR) is 67.7 cm³/mol. The van der Waals surface area contributed by atoms with Crippen LogP contribution in [0.25, 0.3) is 0 Å². The number of nitrogens with one attached hydrogen (secondary N) is 3. The maximum Gasteiger partial charge on any atom is -0.00902 e. The van der Waals surface area contributed by atoms with Gasteiger partial charge in [0.1, 0.15) is 0 Å². The molecule has 0 aromatic heterocycles. The second-order valence-corrected chi connectivity index (χ2v) is 14.2. The van der Waals surface area contributed by atoms with E-state index >= 15 is 0 Å². The molecule has 6 heteroatoms. The third-order valence-electron chi connectivity index (χ3n) is 1.25. The summed E-state index contributed by atoms with van der Waals surface area (Å²) in [5.74, 6) is 0. The van der Waals surface area contributed by atoms with Gasteiger partial charge in [0.25, 0.3) is 0 Å². The fourth-order valence-electron chi connectivity index (χ4n) is 1.61. The number of hydrogen-bond donors (Lipinski definition) is 3. The maximum absolute atomic E-state index is 3.65. The summed E-state index contributed by atoms with van der Waals surface area (Å²) in [5, 5.41) is 0. The predicted octanol–water partition coefficient (Wildman–Crippen LogP) is 1.45. The first kappa shape index (κ1) is 11.0. The third kappa shape index (κ3) is 3.01. The van der Waals surface area contributed by atoms with Crippen molar-refractivity contribution >= 4 is 31.2 Å². The smallest absolute Gasteiger partial charge is 0.00902 e. The molecule has 1 heterocycles. The highest BCUT2D eigenvalue weighted by Gasteiger charge is 2.32. The lowest BCUT2D eigenvalue weighted by molar-refractivity contribution is 1.35. The van der Waals surface area contributed by atoms with Gasteiger partial charge in [-0.15, -0.1) is 31.2 Å². The van der Waals surface area contributed by atoms with Gasteiger partial charge in [0.05, 0.1) is 0 Å². The van der Waals surface area contributed by atoms with Crippen molar-refractivity contribution in [2.75, 3.05) is 37.5 Å². The lowest BCUT2D eigenvalue weighted by Crippen LogP contribution is -2.48. The SMILES string of the molecule is CS1(C)NS(C)(C)NS(C)(C)N1. The van der Waals surface area contributed by atoms with Crippen LogP contribution in [0.15, 0.2) is 0 Å². The molecule has 0 unspecified atom stereocenters. The first-order valence-electron chi connectivity index (χ1n) is 3.67. The average molecular weight is 231 g/mol. The quantitative estimate of drug-likeness (QED) is 0.591. The first-order chi connectivity index (χ1) is 5.12. The summed E-state index contributed by atoms with van der Waals surface area (Å²) in [6, 6.07) is 0. The van der Waals surface area contributed by atoms with Crippen molar-refractivity contribution in [3.05, 3.63) is 0 Å². The summed E-state index contributed by atoms with van der Waals surface area (Å²) in [7, 11) is -2.36. The van der Waals surface area contributed by atoms with E-state index in [4.69, 9.17) is 0 Å². The van der Waals surface area contributed by atoms with E-state index in [1.54, 1.807) is 0 Å². The zero-order valence-corrected chi connectivity index (χ0v) is 11.2.